The maximum atomic E-state index is 12.3. The third-order valence-electron chi connectivity index (χ3n) is 4.44. The highest BCUT2D eigenvalue weighted by atomic mass is 16.5. The summed E-state index contributed by atoms with van der Waals surface area (Å²) in [6.07, 6.45) is 7.30. The first kappa shape index (κ1) is 16.0. The number of rotatable bonds is 5. The molecule has 3 N–H and O–H groups in total. The van der Waals surface area contributed by atoms with Gasteiger partial charge in [-0.15, -0.1) is 5.43 Å². The first-order valence-electron chi connectivity index (χ1n) is 7.97. The Morgan fingerprint density at radius 3 is 2.67 bits per heavy atom. The van der Waals surface area contributed by atoms with Crippen molar-refractivity contribution >= 4 is 0 Å². The number of nitrogens with two attached hydrogens (primary N) is 1. The lowest BCUT2D eigenvalue weighted by atomic mass is 9.82. The molecule has 0 aromatic carbocycles. The molecule has 2 aliphatic rings. The van der Waals surface area contributed by atoms with Crippen LogP contribution in [0.2, 0.25) is 0 Å². The zero-order valence-electron chi connectivity index (χ0n) is 13.4. The normalized spacial score (nSPS) is 29.9. The monoisotopic (exact) mass is 294 g/mol. The largest absolute Gasteiger partial charge is 0.498 e. The van der Waals surface area contributed by atoms with Crippen molar-refractivity contribution in [2.24, 2.45) is 5.73 Å². The summed E-state index contributed by atoms with van der Waals surface area (Å²) in [6.45, 7) is 6.74. The van der Waals surface area contributed by atoms with Crippen LogP contribution >= 0.6 is 0 Å². The Labute approximate surface area is 127 Å². The van der Waals surface area contributed by atoms with Crippen LogP contribution in [0.3, 0.4) is 0 Å². The number of nitrogens with zero attached hydrogens (tertiary/aromatic N) is 1. The zero-order chi connectivity index (χ0) is 15.5. The Hall–Kier alpha value is -1.36. The molecule has 5 nitrogen and oxygen atoms in total. The van der Waals surface area contributed by atoms with Crippen LogP contribution in [-0.4, -0.2) is 23.1 Å². The summed E-state index contributed by atoms with van der Waals surface area (Å²) in [4.78, 5) is 13.2. The lowest BCUT2D eigenvalue weighted by Gasteiger charge is -2.32. The molecule has 21 heavy (non-hydrogen) atoms. The maximum Gasteiger partial charge on any atom is 0.269 e. The van der Waals surface area contributed by atoms with Crippen LogP contribution in [0.5, 0.6) is 0 Å². The molecular weight excluding hydrogens is 266 g/mol. The summed E-state index contributed by atoms with van der Waals surface area (Å²) in [5.41, 5.74) is 11.0. The lowest BCUT2D eigenvalue weighted by molar-refractivity contribution is -0.571. The van der Waals surface area contributed by atoms with Crippen molar-refractivity contribution in [2.75, 3.05) is 6.61 Å². The third-order valence-corrected chi connectivity index (χ3v) is 4.44. The standard InChI is InChI=1S/C16H28N3O2/c1-4-21-15-6-5-14(11-12(15)2)19(20)18-13-7-9-16(3,17)10-8-13/h11,13H,4-10,17H2,1-3H3,(H,18,20)/q+1. The van der Waals surface area contributed by atoms with Crippen molar-refractivity contribution in [2.45, 2.75) is 70.9 Å². The molecule has 0 aliphatic heterocycles. The van der Waals surface area contributed by atoms with Crippen molar-refractivity contribution in [3.8, 4) is 0 Å². The average molecular weight is 294 g/mol. The second-order valence-corrected chi connectivity index (χ2v) is 6.53. The predicted molar refractivity (Wildman–Crippen MR) is 83.3 cm³/mol. The minimum atomic E-state index is -0.0677. The van der Waals surface area contributed by atoms with Gasteiger partial charge in [-0.3, -0.25) is 0 Å². The molecular formula is C16H28N3O2+. The molecule has 1 fully saturated rings. The summed E-state index contributed by atoms with van der Waals surface area (Å²) < 4.78 is 5.58. The van der Waals surface area contributed by atoms with Crippen molar-refractivity contribution in [1.29, 1.82) is 0 Å². The number of hydrogen-bond acceptors (Lipinski definition) is 3. The maximum absolute atomic E-state index is 12.3. The third kappa shape index (κ3) is 4.30. The fourth-order valence-electron chi connectivity index (χ4n) is 3.02. The number of hydrogen-bond donors (Lipinski definition) is 2. The number of nitroso groups, excluding NO2 is 1. The number of hydrazine groups is 1. The molecule has 2 aliphatic carbocycles. The molecule has 1 saturated carbocycles. The van der Waals surface area contributed by atoms with E-state index in [9.17, 15) is 4.91 Å². The molecule has 0 aromatic rings. The predicted octanol–water partition coefficient (Wildman–Crippen LogP) is 2.92. The van der Waals surface area contributed by atoms with Gasteiger partial charge in [0.05, 0.1) is 23.3 Å². The summed E-state index contributed by atoms with van der Waals surface area (Å²) in [7, 11) is 0. The zero-order valence-corrected chi connectivity index (χ0v) is 13.4. The van der Waals surface area contributed by atoms with E-state index in [0.29, 0.717) is 6.61 Å². The van der Waals surface area contributed by atoms with Crippen LogP contribution in [-0.2, 0) is 4.74 Å². The van der Waals surface area contributed by atoms with Gasteiger partial charge in [0.2, 0.25) is 0 Å². The molecule has 0 atom stereocenters. The van der Waals surface area contributed by atoms with E-state index in [0.717, 1.165) is 60.4 Å². The van der Waals surface area contributed by atoms with Crippen molar-refractivity contribution < 1.29 is 9.61 Å². The average Bonchev–Trinajstić information content (AvgIpc) is 2.43. The Bertz CT molecular complexity index is 456. The second-order valence-electron chi connectivity index (χ2n) is 6.53. The molecule has 0 radical (unpaired) electrons. The van der Waals surface area contributed by atoms with Crippen LogP contribution in [0.4, 0.5) is 0 Å². The minimum Gasteiger partial charge on any atom is -0.498 e. The Kier molecular flexibility index (Phi) is 5.04. The molecule has 118 valence electrons. The van der Waals surface area contributed by atoms with Gasteiger partial charge in [0, 0.05) is 24.5 Å². The Morgan fingerprint density at radius 2 is 2.10 bits per heavy atom. The number of allylic oxidation sites excluding steroid dienone is 4. The van der Waals surface area contributed by atoms with Gasteiger partial charge < -0.3 is 10.5 Å². The summed E-state index contributed by atoms with van der Waals surface area (Å²) >= 11 is 0. The molecule has 5 heteroatoms. The van der Waals surface area contributed by atoms with E-state index in [1.807, 2.05) is 19.9 Å². The van der Waals surface area contributed by atoms with E-state index in [4.69, 9.17) is 10.5 Å². The van der Waals surface area contributed by atoms with Gasteiger partial charge in [-0.25, -0.2) is 0 Å². The highest BCUT2D eigenvalue weighted by Crippen LogP contribution is 2.27. The summed E-state index contributed by atoms with van der Waals surface area (Å²) in [6, 6.07) is 0.234. The van der Waals surface area contributed by atoms with E-state index in [2.05, 4.69) is 12.3 Å². The van der Waals surface area contributed by atoms with Gasteiger partial charge in [-0.2, -0.15) is 0 Å². The van der Waals surface area contributed by atoms with Crippen LogP contribution in [0.15, 0.2) is 23.1 Å². The first-order valence-corrected chi connectivity index (χ1v) is 7.97. The van der Waals surface area contributed by atoms with Crippen molar-refractivity contribution in [1.82, 2.24) is 5.43 Å². The van der Waals surface area contributed by atoms with Gasteiger partial charge in [0.1, 0.15) is 0 Å². The molecule has 0 spiro atoms. The molecule has 2 rings (SSSR count). The molecule has 0 bridgehead atoms. The fraction of sp³-hybridized carbons (Fsp3) is 0.750. The summed E-state index contributed by atoms with van der Waals surface area (Å²) in [5, 5.41) is 0. The molecule has 0 amide bonds. The first-order chi connectivity index (χ1) is 9.91. The van der Waals surface area contributed by atoms with E-state index >= 15 is 0 Å². The van der Waals surface area contributed by atoms with Gasteiger partial charge >= 0.3 is 0 Å². The SMILES string of the molecule is CCOC1=C(C)C=C([N+](=O)NC2CCC(C)(N)CC2)CC1. The van der Waals surface area contributed by atoms with Crippen LogP contribution in [0.25, 0.3) is 0 Å². The number of ether oxygens (including phenoxy) is 1. The van der Waals surface area contributed by atoms with Crippen molar-refractivity contribution in [3.63, 3.8) is 0 Å². The van der Waals surface area contributed by atoms with Gasteiger partial charge in [0.25, 0.3) is 5.70 Å². The quantitative estimate of drug-likeness (QED) is 0.604. The summed E-state index contributed by atoms with van der Waals surface area (Å²) in [5.74, 6) is 1.01. The fourth-order valence-corrected chi connectivity index (χ4v) is 3.02. The van der Waals surface area contributed by atoms with Crippen LogP contribution < -0.4 is 11.2 Å². The van der Waals surface area contributed by atoms with Gasteiger partial charge in [-0.1, -0.05) is 0 Å². The highest BCUT2D eigenvalue weighted by molar-refractivity contribution is 5.26. The lowest BCUT2D eigenvalue weighted by Crippen LogP contribution is -2.47. The molecule has 0 unspecified atom stereocenters. The topological polar surface area (TPSA) is 67.4 Å². The smallest absolute Gasteiger partial charge is 0.269 e. The number of nitrogens with one attached hydrogen (secondary N) is 1. The molecule has 0 aromatic heterocycles. The van der Waals surface area contributed by atoms with E-state index < -0.39 is 0 Å². The van der Waals surface area contributed by atoms with Crippen LogP contribution in [0.1, 0.15) is 59.3 Å². The van der Waals surface area contributed by atoms with Crippen molar-refractivity contribution in [3.05, 3.63) is 28.0 Å². The highest BCUT2D eigenvalue weighted by Gasteiger charge is 2.32. The second kappa shape index (κ2) is 6.60. The van der Waals surface area contributed by atoms with Gasteiger partial charge in [0.15, 0.2) is 4.87 Å². The van der Waals surface area contributed by atoms with E-state index in [1.54, 1.807) is 0 Å². The molecule has 0 saturated heterocycles. The van der Waals surface area contributed by atoms with Crippen LogP contribution in [0, 0.1) is 4.91 Å². The minimum absolute atomic E-state index is 0.0677. The Morgan fingerprint density at radius 1 is 1.43 bits per heavy atom. The van der Waals surface area contributed by atoms with E-state index in [1.165, 1.54) is 0 Å². The Balaban J connectivity index is 1.91. The van der Waals surface area contributed by atoms with Gasteiger partial charge in [-0.05, 0) is 52.0 Å². The molecule has 0 heterocycles. The van der Waals surface area contributed by atoms with E-state index in [-0.39, 0.29) is 11.6 Å².